The van der Waals surface area contributed by atoms with Crippen molar-refractivity contribution in [2.45, 2.75) is 45.2 Å². The summed E-state index contributed by atoms with van der Waals surface area (Å²) in [5.74, 6) is -2.49. The fourth-order valence-corrected chi connectivity index (χ4v) is 6.32. The van der Waals surface area contributed by atoms with Gasteiger partial charge in [-0.05, 0) is 66.6 Å². The Hall–Kier alpha value is -4.90. The van der Waals surface area contributed by atoms with E-state index in [-0.39, 0.29) is 18.5 Å². The van der Waals surface area contributed by atoms with Gasteiger partial charge in [0.15, 0.2) is 0 Å². The molecule has 5 amide bonds. The van der Waals surface area contributed by atoms with Crippen LogP contribution in [0.25, 0.3) is 0 Å². The number of anilines is 1. The topological polar surface area (TPSA) is 146 Å². The van der Waals surface area contributed by atoms with Crippen molar-refractivity contribution >= 4 is 35.2 Å². The largest absolute Gasteiger partial charge is 0.369 e. The minimum absolute atomic E-state index is 0.0903. The summed E-state index contributed by atoms with van der Waals surface area (Å²) in [5, 5.41) is 2.24. The summed E-state index contributed by atoms with van der Waals surface area (Å²) in [6.45, 7) is 6.39. The molecule has 3 N–H and O–H groups in total. The first-order chi connectivity index (χ1) is 21.2. The highest BCUT2D eigenvalue weighted by molar-refractivity contribution is 6.24. The molecule has 226 valence electrons. The Morgan fingerprint density at radius 2 is 1.75 bits per heavy atom. The number of aryl methyl sites for hydroxylation is 3. The maximum Gasteiger partial charge on any atom is 0.267 e. The first kappa shape index (κ1) is 29.2. The monoisotopic (exact) mass is 594 g/mol. The molecule has 1 atom stereocenters. The molecule has 2 aromatic carbocycles. The molecular weight excluding hydrogens is 560 g/mol. The molecule has 0 spiro atoms. The van der Waals surface area contributed by atoms with Crippen LogP contribution in [-0.2, 0) is 29.0 Å². The normalized spacial score (nSPS) is 18.9. The van der Waals surface area contributed by atoms with Gasteiger partial charge in [-0.1, -0.05) is 30.3 Å². The fourth-order valence-electron chi connectivity index (χ4n) is 6.32. The molecule has 0 bridgehead atoms. The van der Waals surface area contributed by atoms with Crippen molar-refractivity contribution < 1.29 is 24.0 Å². The summed E-state index contributed by atoms with van der Waals surface area (Å²) < 4.78 is 0. The molecule has 0 saturated carbocycles. The van der Waals surface area contributed by atoms with E-state index in [9.17, 15) is 24.0 Å². The van der Waals surface area contributed by atoms with E-state index in [2.05, 4.69) is 45.2 Å². The number of hydrogen-bond donors (Lipinski definition) is 2. The number of hydrogen-bond acceptors (Lipinski definition) is 8. The van der Waals surface area contributed by atoms with E-state index >= 15 is 0 Å². The third kappa shape index (κ3) is 5.70. The van der Waals surface area contributed by atoms with Crippen molar-refractivity contribution in [3.63, 3.8) is 0 Å². The van der Waals surface area contributed by atoms with Crippen molar-refractivity contribution in [3.8, 4) is 0 Å². The Morgan fingerprint density at radius 3 is 2.48 bits per heavy atom. The Bertz CT molecular complexity index is 1680. The van der Waals surface area contributed by atoms with Crippen molar-refractivity contribution in [1.29, 1.82) is 0 Å². The predicted molar refractivity (Wildman–Crippen MR) is 162 cm³/mol. The van der Waals surface area contributed by atoms with Gasteiger partial charge >= 0.3 is 0 Å². The van der Waals surface area contributed by atoms with Gasteiger partial charge in [-0.15, -0.1) is 0 Å². The number of amides is 5. The van der Waals surface area contributed by atoms with Crippen molar-refractivity contribution in [1.82, 2.24) is 20.1 Å². The third-order valence-corrected chi connectivity index (χ3v) is 8.77. The van der Waals surface area contributed by atoms with Crippen LogP contribution < -0.4 is 16.0 Å². The van der Waals surface area contributed by atoms with E-state index < -0.39 is 35.6 Å². The second-order valence-electron chi connectivity index (χ2n) is 11.6. The second-order valence-corrected chi connectivity index (χ2v) is 11.6. The highest BCUT2D eigenvalue weighted by Gasteiger charge is 2.45. The predicted octanol–water partition coefficient (Wildman–Crippen LogP) is 2.00. The van der Waals surface area contributed by atoms with Gasteiger partial charge in [-0.3, -0.25) is 44.1 Å². The number of aromatic nitrogens is 1. The number of fused-ring (bicyclic) bond motifs is 1. The lowest BCUT2D eigenvalue weighted by Crippen LogP contribution is -2.54. The molecule has 6 rings (SSSR count). The molecule has 4 heterocycles. The molecule has 3 aliphatic heterocycles. The number of nitrogens with two attached hydrogens (primary N) is 1. The molecule has 2 fully saturated rings. The van der Waals surface area contributed by atoms with Gasteiger partial charge in [0.05, 0.1) is 11.1 Å². The summed E-state index contributed by atoms with van der Waals surface area (Å²) in [6.07, 6.45) is 3.10. The van der Waals surface area contributed by atoms with Crippen LogP contribution in [0, 0.1) is 6.92 Å². The molecule has 0 aliphatic carbocycles. The third-order valence-electron chi connectivity index (χ3n) is 8.77. The Labute approximate surface area is 255 Å². The van der Waals surface area contributed by atoms with E-state index in [1.54, 1.807) is 24.4 Å². The van der Waals surface area contributed by atoms with Gasteiger partial charge in [0.1, 0.15) is 11.7 Å². The van der Waals surface area contributed by atoms with Gasteiger partial charge in [0, 0.05) is 51.0 Å². The number of piperazine rings is 1. The lowest BCUT2D eigenvalue weighted by Gasteiger charge is -2.36. The molecule has 11 heteroatoms. The molecule has 44 heavy (non-hydrogen) atoms. The minimum atomic E-state index is -0.976. The standard InChI is InChI=1S/C33H34N6O5/c1-20-17-21(6-8-23(20)19-37-13-15-38(16-14-37)24-11-12-35-26(18-24)30(34)41)5-7-22-3-2-4-25-29(22)33(44)39(32(25)43)27-9-10-28(40)36-31(27)42/h2-4,6,8,11-12,17-18,27H,5,7,9-10,13-16,19H2,1H3,(H2,34,41)(H,36,40,42). The van der Waals surface area contributed by atoms with Crippen LogP contribution in [0.3, 0.4) is 0 Å². The number of carbonyl (C=O) groups is 5. The van der Waals surface area contributed by atoms with E-state index in [0.29, 0.717) is 24.0 Å². The molecule has 3 aliphatic rings. The zero-order valence-electron chi connectivity index (χ0n) is 24.5. The van der Waals surface area contributed by atoms with Gasteiger partial charge in [0.25, 0.3) is 17.7 Å². The number of rotatable bonds is 8. The molecule has 1 aromatic heterocycles. The van der Waals surface area contributed by atoms with Crippen LogP contribution in [0.4, 0.5) is 5.69 Å². The average molecular weight is 595 g/mol. The number of imide groups is 2. The van der Waals surface area contributed by atoms with Crippen molar-refractivity contribution in [2.24, 2.45) is 5.73 Å². The zero-order valence-corrected chi connectivity index (χ0v) is 24.5. The molecule has 2 saturated heterocycles. The summed E-state index contributed by atoms with van der Waals surface area (Å²) in [4.78, 5) is 71.8. The van der Waals surface area contributed by atoms with E-state index in [1.165, 1.54) is 11.1 Å². The maximum atomic E-state index is 13.4. The Balaban J connectivity index is 1.07. The summed E-state index contributed by atoms with van der Waals surface area (Å²) >= 11 is 0. The maximum absolute atomic E-state index is 13.4. The SMILES string of the molecule is Cc1cc(CCc2cccc3c2C(=O)N(C2CCC(=O)NC2=O)C3=O)ccc1CN1CCN(c2ccnc(C(N)=O)c2)CC1. The second kappa shape index (κ2) is 12.0. The average Bonchev–Trinajstić information content (AvgIpc) is 3.27. The summed E-state index contributed by atoms with van der Waals surface area (Å²) in [7, 11) is 0. The highest BCUT2D eigenvalue weighted by Crippen LogP contribution is 2.31. The summed E-state index contributed by atoms with van der Waals surface area (Å²) in [5.41, 5.74) is 11.6. The number of nitrogens with one attached hydrogen (secondary N) is 1. The van der Waals surface area contributed by atoms with Crippen molar-refractivity contribution in [3.05, 3.63) is 93.8 Å². The first-order valence-corrected chi connectivity index (χ1v) is 14.8. The lowest BCUT2D eigenvalue weighted by atomic mass is 9.95. The summed E-state index contributed by atoms with van der Waals surface area (Å²) in [6, 6.07) is 14.4. The van der Waals surface area contributed by atoms with Crippen LogP contribution in [0.5, 0.6) is 0 Å². The van der Waals surface area contributed by atoms with Crippen LogP contribution in [0.1, 0.15) is 66.3 Å². The van der Waals surface area contributed by atoms with Crippen LogP contribution in [0.2, 0.25) is 0 Å². The number of pyridine rings is 1. The number of nitrogens with zero attached hydrogens (tertiary/aromatic N) is 4. The Kier molecular flexibility index (Phi) is 7.96. The van der Waals surface area contributed by atoms with Gasteiger partial charge in [-0.2, -0.15) is 0 Å². The Morgan fingerprint density at radius 1 is 0.955 bits per heavy atom. The van der Waals surface area contributed by atoms with Crippen LogP contribution in [-0.4, -0.2) is 76.5 Å². The van der Waals surface area contributed by atoms with E-state index in [0.717, 1.165) is 54.4 Å². The fraction of sp³-hybridized carbons (Fsp3) is 0.333. The lowest BCUT2D eigenvalue weighted by molar-refractivity contribution is -0.136. The molecular formula is C33H34N6O5. The first-order valence-electron chi connectivity index (χ1n) is 14.8. The van der Waals surface area contributed by atoms with E-state index in [1.807, 2.05) is 12.1 Å². The number of carbonyl (C=O) groups excluding carboxylic acids is 5. The molecule has 1 unspecified atom stereocenters. The number of piperidine rings is 1. The van der Waals surface area contributed by atoms with Gasteiger partial charge in [-0.25, -0.2) is 0 Å². The smallest absolute Gasteiger partial charge is 0.267 e. The van der Waals surface area contributed by atoms with Gasteiger partial charge in [0.2, 0.25) is 11.8 Å². The van der Waals surface area contributed by atoms with E-state index in [4.69, 9.17) is 5.73 Å². The van der Waals surface area contributed by atoms with Gasteiger partial charge < -0.3 is 10.6 Å². The number of benzene rings is 2. The minimum Gasteiger partial charge on any atom is -0.369 e. The number of primary amides is 1. The van der Waals surface area contributed by atoms with Crippen LogP contribution in [0.15, 0.2) is 54.7 Å². The molecule has 3 aromatic rings. The van der Waals surface area contributed by atoms with Crippen molar-refractivity contribution in [2.75, 3.05) is 31.1 Å². The quantitative estimate of drug-likeness (QED) is 0.377. The molecule has 0 radical (unpaired) electrons. The molecule has 11 nitrogen and oxygen atoms in total. The van der Waals surface area contributed by atoms with Crippen LogP contribution >= 0.6 is 0 Å². The zero-order chi connectivity index (χ0) is 31.0. The highest BCUT2D eigenvalue weighted by atomic mass is 16.2.